The Morgan fingerprint density at radius 1 is 1.56 bits per heavy atom. The molecule has 18 heavy (non-hydrogen) atoms. The van der Waals surface area contributed by atoms with Gasteiger partial charge in [0.1, 0.15) is 6.10 Å². The monoisotopic (exact) mass is 282 g/mol. The van der Waals surface area contributed by atoms with E-state index in [2.05, 4.69) is 16.2 Å². The molecule has 0 amide bonds. The molecule has 1 unspecified atom stereocenters. The average molecular weight is 282 g/mol. The minimum Gasteiger partial charge on any atom is -0.385 e. The lowest BCUT2D eigenvalue weighted by atomic mass is 10.2. The second-order valence-electron chi connectivity index (χ2n) is 4.24. The molecule has 0 aliphatic carbocycles. The third-order valence-electron chi connectivity index (χ3n) is 2.96. The molecule has 3 heterocycles. The van der Waals surface area contributed by atoms with Crippen LogP contribution in [0.4, 0.5) is 0 Å². The van der Waals surface area contributed by atoms with Gasteiger partial charge in [0.05, 0.1) is 4.88 Å². The van der Waals surface area contributed by atoms with Crippen molar-refractivity contribution in [2.45, 2.75) is 31.6 Å². The van der Waals surface area contributed by atoms with Gasteiger partial charge in [-0.05, 0) is 30.2 Å². The molecular formula is C12H14N2O2S2. The minimum absolute atomic E-state index is 0.383. The molecule has 0 saturated heterocycles. The largest absolute Gasteiger partial charge is 0.385 e. The lowest BCUT2D eigenvalue weighted by Gasteiger charge is -2.08. The van der Waals surface area contributed by atoms with Crippen LogP contribution in [0.25, 0.3) is 10.8 Å². The van der Waals surface area contributed by atoms with E-state index in [0.29, 0.717) is 18.1 Å². The van der Waals surface area contributed by atoms with Gasteiger partial charge in [0.15, 0.2) is 0 Å². The molecule has 1 aliphatic rings. The molecule has 1 aliphatic heterocycles. The summed E-state index contributed by atoms with van der Waals surface area (Å²) in [6.07, 6.45) is 1.09. The van der Waals surface area contributed by atoms with Crippen LogP contribution in [-0.4, -0.2) is 21.0 Å². The maximum absolute atomic E-state index is 9.67. The van der Waals surface area contributed by atoms with Crippen LogP contribution < -0.4 is 0 Å². The quantitative estimate of drug-likeness (QED) is 0.937. The van der Waals surface area contributed by atoms with Crippen molar-refractivity contribution < 1.29 is 9.63 Å². The summed E-state index contributed by atoms with van der Waals surface area (Å²) < 4.78 is 5.23. The first kappa shape index (κ1) is 12.2. The highest BCUT2D eigenvalue weighted by Crippen LogP contribution is 2.36. The molecule has 2 aromatic rings. The highest BCUT2D eigenvalue weighted by atomic mass is 32.2. The molecule has 0 spiro atoms. The number of hydrogen-bond acceptors (Lipinski definition) is 6. The van der Waals surface area contributed by atoms with Gasteiger partial charge in [0.25, 0.3) is 5.89 Å². The molecule has 1 N–H and O–H groups in total. The van der Waals surface area contributed by atoms with Crippen LogP contribution in [0, 0.1) is 0 Å². The van der Waals surface area contributed by atoms with Crippen molar-refractivity contribution in [2.75, 3.05) is 5.75 Å². The Labute approximate surface area is 113 Å². The average Bonchev–Trinajstić information content (AvgIpc) is 3.03. The first-order valence-electron chi connectivity index (χ1n) is 5.99. The third-order valence-corrected chi connectivity index (χ3v) is 5.20. The van der Waals surface area contributed by atoms with Crippen LogP contribution in [0.5, 0.6) is 0 Å². The maximum Gasteiger partial charge on any atom is 0.268 e. The van der Waals surface area contributed by atoms with E-state index in [1.54, 1.807) is 11.3 Å². The Morgan fingerprint density at radius 3 is 3.22 bits per heavy atom. The van der Waals surface area contributed by atoms with Crippen molar-refractivity contribution >= 4 is 23.1 Å². The van der Waals surface area contributed by atoms with Crippen LogP contribution in [0.3, 0.4) is 0 Å². The van der Waals surface area contributed by atoms with E-state index in [4.69, 9.17) is 4.52 Å². The molecule has 2 aromatic heterocycles. The fourth-order valence-corrected chi connectivity index (χ4v) is 4.20. The number of fused-ring (bicyclic) bond motifs is 1. The zero-order valence-corrected chi connectivity index (χ0v) is 11.7. The van der Waals surface area contributed by atoms with E-state index in [0.717, 1.165) is 17.1 Å². The van der Waals surface area contributed by atoms with Crippen molar-refractivity contribution in [2.24, 2.45) is 0 Å². The van der Waals surface area contributed by atoms with Crippen LogP contribution in [0.2, 0.25) is 0 Å². The molecule has 0 bridgehead atoms. The molecule has 0 saturated carbocycles. The molecule has 0 aromatic carbocycles. The number of aliphatic hydroxyl groups excluding tert-OH is 1. The Balaban J connectivity index is 1.90. The van der Waals surface area contributed by atoms with Gasteiger partial charge in [-0.15, -0.1) is 11.3 Å². The Hall–Kier alpha value is -0.850. The van der Waals surface area contributed by atoms with Gasteiger partial charge >= 0.3 is 0 Å². The van der Waals surface area contributed by atoms with Gasteiger partial charge in [-0.2, -0.15) is 16.7 Å². The molecule has 4 nitrogen and oxygen atoms in total. The molecule has 1 atom stereocenters. The summed E-state index contributed by atoms with van der Waals surface area (Å²) in [5, 5.41) is 13.5. The lowest BCUT2D eigenvalue weighted by Crippen LogP contribution is -1.97. The highest BCUT2D eigenvalue weighted by molar-refractivity contribution is 7.98. The van der Waals surface area contributed by atoms with Gasteiger partial charge in [0, 0.05) is 10.6 Å². The Bertz CT molecular complexity index is 527. The number of thiophene rings is 1. The minimum atomic E-state index is -0.632. The zero-order chi connectivity index (χ0) is 12.5. The number of aliphatic hydroxyl groups is 1. The predicted octanol–water partition coefficient (Wildman–Crippen LogP) is 3.03. The van der Waals surface area contributed by atoms with Gasteiger partial charge in [0.2, 0.25) is 5.82 Å². The molecule has 6 heteroatoms. The topological polar surface area (TPSA) is 59.2 Å². The second-order valence-corrected chi connectivity index (χ2v) is 6.49. The van der Waals surface area contributed by atoms with Crippen molar-refractivity contribution in [1.82, 2.24) is 10.1 Å². The fourth-order valence-electron chi connectivity index (χ4n) is 1.91. The van der Waals surface area contributed by atoms with Crippen LogP contribution in [-0.2, 0) is 12.2 Å². The Kier molecular flexibility index (Phi) is 3.41. The number of thioether (sulfide) groups is 1. The summed E-state index contributed by atoms with van der Waals surface area (Å²) in [6.45, 7) is 1.89. The van der Waals surface area contributed by atoms with Gasteiger partial charge in [-0.25, -0.2) is 0 Å². The normalized spacial score (nSPS) is 16.6. The number of rotatable bonds is 3. The second kappa shape index (κ2) is 5.03. The van der Waals surface area contributed by atoms with Crippen molar-refractivity contribution in [3.05, 3.63) is 22.3 Å². The summed E-state index contributed by atoms with van der Waals surface area (Å²) >= 11 is 3.69. The predicted molar refractivity (Wildman–Crippen MR) is 72.7 cm³/mol. The zero-order valence-electron chi connectivity index (χ0n) is 10.0. The molecule has 0 radical (unpaired) electrons. The summed E-state index contributed by atoms with van der Waals surface area (Å²) in [6, 6.07) is 2.14. The van der Waals surface area contributed by atoms with Crippen LogP contribution in [0.15, 0.2) is 10.6 Å². The first-order chi connectivity index (χ1) is 8.78. The van der Waals surface area contributed by atoms with Crippen LogP contribution >= 0.6 is 23.1 Å². The number of hydrogen-bond donors (Lipinski definition) is 1. The van der Waals surface area contributed by atoms with Gasteiger partial charge in [-0.3, -0.25) is 0 Å². The number of aromatic nitrogens is 2. The van der Waals surface area contributed by atoms with E-state index in [9.17, 15) is 5.11 Å². The molecular weight excluding hydrogens is 268 g/mol. The van der Waals surface area contributed by atoms with Gasteiger partial charge < -0.3 is 9.63 Å². The van der Waals surface area contributed by atoms with Crippen molar-refractivity contribution in [3.8, 4) is 10.8 Å². The van der Waals surface area contributed by atoms with E-state index < -0.39 is 6.10 Å². The van der Waals surface area contributed by atoms with E-state index in [1.165, 1.54) is 16.2 Å². The van der Waals surface area contributed by atoms with Crippen molar-refractivity contribution in [3.63, 3.8) is 0 Å². The maximum atomic E-state index is 9.67. The van der Waals surface area contributed by atoms with Crippen LogP contribution in [0.1, 0.15) is 35.7 Å². The van der Waals surface area contributed by atoms with Gasteiger partial charge in [-0.1, -0.05) is 12.1 Å². The molecule has 3 rings (SSSR count). The smallest absolute Gasteiger partial charge is 0.268 e. The number of aryl methyl sites for hydroxylation is 1. The SMILES string of the molecule is CCC(O)c1noc(-c2cc3c(s2)CCSC3)n1. The molecule has 0 fully saturated rings. The summed E-state index contributed by atoms with van der Waals surface area (Å²) in [4.78, 5) is 6.72. The van der Waals surface area contributed by atoms with E-state index in [-0.39, 0.29) is 0 Å². The standard InChI is InChI=1S/C12H14N2O2S2/c1-2-8(15)11-13-12(16-14-11)10-5-7-6-17-4-3-9(7)18-10/h5,8,15H,2-4,6H2,1H3. The van der Waals surface area contributed by atoms with E-state index >= 15 is 0 Å². The first-order valence-corrected chi connectivity index (χ1v) is 7.96. The third kappa shape index (κ3) is 2.20. The fraction of sp³-hybridized carbons (Fsp3) is 0.500. The summed E-state index contributed by atoms with van der Waals surface area (Å²) in [7, 11) is 0. The summed E-state index contributed by atoms with van der Waals surface area (Å²) in [5.41, 5.74) is 1.39. The van der Waals surface area contributed by atoms with E-state index in [1.807, 2.05) is 18.7 Å². The Morgan fingerprint density at radius 2 is 2.44 bits per heavy atom. The van der Waals surface area contributed by atoms with Crippen molar-refractivity contribution in [1.29, 1.82) is 0 Å². The molecule has 96 valence electrons. The number of nitrogens with zero attached hydrogens (tertiary/aromatic N) is 2. The summed E-state index contributed by atoms with van der Waals surface area (Å²) in [5.74, 6) is 3.18. The highest BCUT2D eigenvalue weighted by Gasteiger charge is 2.19. The lowest BCUT2D eigenvalue weighted by molar-refractivity contribution is 0.159.